The summed E-state index contributed by atoms with van der Waals surface area (Å²) < 4.78 is 22.5. The Kier molecular flexibility index (Phi) is 21.6. The molecule has 39 heavy (non-hydrogen) atoms. The Labute approximate surface area is 235 Å². The SMILES string of the molecule is CCCCC/C=C\C/C=C\C/C=C\C/C=C\CCCC(=O)NCCOP(=O)(O)OC(CC(=O)O)C[N+](C)(C)C. The quantitative estimate of drug-likeness (QED) is 0.0568. The van der Waals surface area contributed by atoms with Crippen molar-refractivity contribution in [1.82, 2.24) is 5.32 Å². The minimum Gasteiger partial charge on any atom is -0.481 e. The predicted molar refractivity (Wildman–Crippen MR) is 157 cm³/mol. The summed E-state index contributed by atoms with van der Waals surface area (Å²) in [6, 6.07) is 0. The van der Waals surface area contributed by atoms with Crippen LogP contribution < -0.4 is 5.32 Å². The second-order valence-electron chi connectivity index (χ2n) is 10.4. The van der Waals surface area contributed by atoms with Crippen LogP contribution in [0.3, 0.4) is 0 Å². The van der Waals surface area contributed by atoms with Gasteiger partial charge in [-0.1, -0.05) is 68.4 Å². The van der Waals surface area contributed by atoms with Gasteiger partial charge in [-0.2, -0.15) is 0 Å². The van der Waals surface area contributed by atoms with Crippen LogP contribution in [0, 0.1) is 0 Å². The van der Waals surface area contributed by atoms with E-state index in [0.29, 0.717) is 17.3 Å². The first-order chi connectivity index (χ1) is 18.4. The van der Waals surface area contributed by atoms with Gasteiger partial charge in [0.1, 0.15) is 12.6 Å². The van der Waals surface area contributed by atoms with E-state index in [9.17, 15) is 19.0 Å². The van der Waals surface area contributed by atoms with E-state index in [2.05, 4.69) is 60.8 Å². The van der Waals surface area contributed by atoms with Gasteiger partial charge >= 0.3 is 13.8 Å². The number of hydrogen-bond donors (Lipinski definition) is 3. The molecular formula is C29H52N2O7P+. The number of carboxylic acid groups (broad SMARTS) is 1. The van der Waals surface area contributed by atoms with Crippen molar-refractivity contribution in [1.29, 1.82) is 0 Å². The monoisotopic (exact) mass is 571 g/mol. The molecule has 224 valence electrons. The molecule has 2 atom stereocenters. The zero-order chi connectivity index (χ0) is 29.4. The third kappa shape index (κ3) is 27.3. The number of phosphoric ester groups is 1. The number of quaternary nitrogens is 1. The van der Waals surface area contributed by atoms with Crippen molar-refractivity contribution in [3.63, 3.8) is 0 Å². The number of unbranched alkanes of at least 4 members (excludes halogenated alkanes) is 4. The number of carboxylic acids is 1. The molecule has 0 aliphatic carbocycles. The number of nitrogens with zero attached hydrogens (tertiary/aromatic N) is 1. The topological polar surface area (TPSA) is 122 Å². The Balaban J connectivity index is 3.92. The molecule has 0 aromatic rings. The lowest BCUT2D eigenvalue weighted by molar-refractivity contribution is -0.873. The van der Waals surface area contributed by atoms with Crippen molar-refractivity contribution in [2.45, 2.75) is 83.7 Å². The number of phosphoric acid groups is 1. The molecule has 0 bridgehead atoms. The average molecular weight is 572 g/mol. The van der Waals surface area contributed by atoms with E-state index >= 15 is 0 Å². The van der Waals surface area contributed by atoms with Crippen LogP contribution in [0.4, 0.5) is 0 Å². The van der Waals surface area contributed by atoms with Crippen LogP contribution in [0.1, 0.15) is 77.6 Å². The molecule has 0 radical (unpaired) electrons. The van der Waals surface area contributed by atoms with Crippen molar-refractivity contribution in [2.24, 2.45) is 0 Å². The number of nitrogens with one attached hydrogen (secondary N) is 1. The van der Waals surface area contributed by atoms with Gasteiger partial charge in [-0.3, -0.25) is 18.6 Å². The van der Waals surface area contributed by atoms with Crippen LogP contribution in [0.15, 0.2) is 48.6 Å². The van der Waals surface area contributed by atoms with E-state index in [1.165, 1.54) is 25.7 Å². The van der Waals surface area contributed by atoms with Crippen LogP contribution in [-0.4, -0.2) is 73.3 Å². The van der Waals surface area contributed by atoms with Gasteiger partial charge in [-0.15, -0.1) is 0 Å². The summed E-state index contributed by atoms with van der Waals surface area (Å²) in [5.74, 6) is -1.30. The van der Waals surface area contributed by atoms with E-state index in [0.717, 1.165) is 25.7 Å². The molecular weight excluding hydrogens is 519 g/mol. The highest BCUT2D eigenvalue weighted by Crippen LogP contribution is 2.45. The maximum absolute atomic E-state index is 12.2. The molecule has 3 N–H and O–H groups in total. The third-order valence-electron chi connectivity index (χ3n) is 5.35. The zero-order valence-electron chi connectivity index (χ0n) is 24.4. The minimum absolute atomic E-state index is 0.0516. The lowest BCUT2D eigenvalue weighted by Crippen LogP contribution is -2.42. The maximum atomic E-state index is 12.2. The largest absolute Gasteiger partial charge is 0.481 e. The van der Waals surface area contributed by atoms with Gasteiger partial charge in [0.05, 0.1) is 34.2 Å². The summed E-state index contributed by atoms with van der Waals surface area (Å²) in [6.45, 7) is 2.27. The molecule has 0 spiro atoms. The third-order valence-corrected chi connectivity index (χ3v) is 6.42. The lowest BCUT2D eigenvalue weighted by atomic mass is 10.2. The predicted octanol–water partition coefficient (Wildman–Crippen LogP) is 5.93. The first-order valence-electron chi connectivity index (χ1n) is 14.0. The van der Waals surface area contributed by atoms with E-state index in [4.69, 9.17) is 14.2 Å². The number of rotatable bonds is 24. The summed E-state index contributed by atoms with van der Waals surface area (Å²) in [6.07, 6.45) is 25.5. The fraction of sp³-hybridized carbons (Fsp3) is 0.655. The smallest absolute Gasteiger partial charge is 0.472 e. The summed E-state index contributed by atoms with van der Waals surface area (Å²) in [7, 11) is 1.01. The van der Waals surface area contributed by atoms with Crippen molar-refractivity contribution in [3.8, 4) is 0 Å². The molecule has 0 heterocycles. The number of allylic oxidation sites excluding steroid dienone is 8. The van der Waals surface area contributed by atoms with E-state index in [1.807, 2.05) is 21.1 Å². The van der Waals surface area contributed by atoms with Gasteiger partial charge < -0.3 is 19.8 Å². The highest BCUT2D eigenvalue weighted by Gasteiger charge is 2.31. The van der Waals surface area contributed by atoms with E-state index in [-0.39, 0.29) is 25.6 Å². The molecule has 2 unspecified atom stereocenters. The van der Waals surface area contributed by atoms with Crippen molar-refractivity contribution in [2.75, 3.05) is 40.8 Å². The van der Waals surface area contributed by atoms with Gasteiger partial charge in [-0.05, 0) is 44.9 Å². The molecule has 9 nitrogen and oxygen atoms in total. The second kappa shape index (κ2) is 22.8. The van der Waals surface area contributed by atoms with Gasteiger partial charge in [-0.25, -0.2) is 4.57 Å². The molecule has 10 heteroatoms. The molecule has 0 aliphatic rings. The van der Waals surface area contributed by atoms with Gasteiger partial charge in [0.2, 0.25) is 5.91 Å². The first-order valence-corrected chi connectivity index (χ1v) is 15.5. The Hall–Kier alpha value is -2.03. The Morgan fingerprint density at radius 3 is 1.95 bits per heavy atom. The molecule has 1 amide bonds. The van der Waals surface area contributed by atoms with Gasteiger partial charge in [0.25, 0.3) is 0 Å². The normalized spacial score (nSPS) is 15.0. The van der Waals surface area contributed by atoms with Gasteiger partial charge in [0.15, 0.2) is 0 Å². The van der Waals surface area contributed by atoms with Crippen molar-refractivity contribution in [3.05, 3.63) is 48.6 Å². The molecule has 0 fully saturated rings. The maximum Gasteiger partial charge on any atom is 0.472 e. The van der Waals surface area contributed by atoms with Crippen LogP contribution >= 0.6 is 7.82 Å². The van der Waals surface area contributed by atoms with E-state index in [1.54, 1.807) is 0 Å². The molecule has 0 rings (SSSR count). The summed E-state index contributed by atoms with van der Waals surface area (Å²) in [4.78, 5) is 32.9. The number of amides is 1. The lowest BCUT2D eigenvalue weighted by Gasteiger charge is -2.29. The average Bonchev–Trinajstić information content (AvgIpc) is 2.82. The first kappa shape index (κ1) is 37.0. The van der Waals surface area contributed by atoms with Crippen LogP contribution in [-0.2, 0) is 23.2 Å². The minimum atomic E-state index is -4.45. The summed E-state index contributed by atoms with van der Waals surface area (Å²) in [5.41, 5.74) is 0. The Morgan fingerprint density at radius 2 is 1.44 bits per heavy atom. The number of carbonyl (C=O) groups excluding carboxylic acids is 1. The van der Waals surface area contributed by atoms with Crippen LogP contribution in [0.5, 0.6) is 0 Å². The molecule has 0 saturated carbocycles. The molecule has 0 aromatic carbocycles. The number of aliphatic carboxylic acids is 1. The molecule has 0 aromatic heterocycles. The van der Waals surface area contributed by atoms with Crippen LogP contribution in [0.2, 0.25) is 0 Å². The van der Waals surface area contributed by atoms with Gasteiger partial charge in [0, 0.05) is 13.0 Å². The fourth-order valence-corrected chi connectivity index (χ4v) is 4.44. The van der Waals surface area contributed by atoms with Crippen molar-refractivity contribution < 1.29 is 37.7 Å². The second-order valence-corrected chi connectivity index (χ2v) is 11.8. The number of likely N-dealkylation sites (N-methyl/N-ethyl adjacent to an activating group) is 1. The molecule has 0 aliphatic heterocycles. The standard InChI is InChI=1S/C29H51N2O7P/c1-5-6-7-8-9-10-11-12-13-14-15-16-17-18-19-20-21-22-28(32)30-23-24-37-39(35,36)38-27(25-29(33)34)26-31(2,3)4/h9-10,12-13,15-16,18-19,27H,5-8,11,14,17,20-26H2,1-4H3,(H2-,30,32,33,34,35,36)/p+1/b10-9-,13-12-,16-15-,19-18-. The summed E-state index contributed by atoms with van der Waals surface area (Å²) >= 11 is 0. The fourth-order valence-electron chi connectivity index (χ4n) is 3.54. The highest BCUT2D eigenvalue weighted by atomic mass is 31.2. The van der Waals surface area contributed by atoms with E-state index < -0.39 is 26.3 Å². The Morgan fingerprint density at radius 1 is 0.897 bits per heavy atom. The molecule has 0 saturated heterocycles. The highest BCUT2D eigenvalue weighted by molar-refractivity contribution is 7.47. The summed E-state index contributed by atoms with van der Waals surface area (Å²) in [5, 5.41) is 11.6. The number of hydrogen-bond acceptors (Lipinski definition) is 5. The Bertz CT molecular complexity index is 832. The zero-order valence-corrected chi connectivity index (χ0v) is 25.3. The number of carbonyl (C=O) groups is 2. The van der Waals surface area contributed by atoms with Crippen LogP contribution in [0.25, 0.3) is 0 Å². The van der Waals surface area contributed by atoms with Crippen molar-refractivity contribution >= 4 is 19.7 Å².